The molecule has 0 bridgehead atoms. The number of fused-ring (bicyclic) bond motifs is 2. The van der Waals surface area contributed by atoms with Gasteiger partial charge in [-0.05, 0) is 61.8 Å². The number of nitrogens with zero attached hydrogens (tertiary/aromatic N) is 5. The lowest BCUT2D eigenvalue weighted by atomic mass is 9.82. The Balaban J connectivity index is 1.24. The van der Waals surface area contributed by atoms with E-state index >= 15 is 0 Å². The molecule has 7 rings (SSSR count). The molecule has 0 saturated carbocycles. The predicted molar refractivity (Wildman–Crippen MR) is 181 cm³/mol. The van der Waals surface area contributed by atoms with E-state index in [1.807, 2.05) is 105 Å². The van der Waals surface area contributed by atoms with E-state index in [1.54, 1.807) is 14.5 Å². The lowest BCUT2D eigenvalue weighted by molar-refractivity contribution is -0.145. The van der Waals surface area contributed by atoms with Crippen molar-refractivity contribution in [3.05, 3.63) is 102 Å². The Bertz CT molecular complexity index is 1780. The molecule has 1 aromatic heterocycles. The van der Waals surface area contributed by atoms with Gasteiger partial charge in [-0.1, -0.05) is 60.7 Å². The molecule has 1 spiro atoms. The first-order valence-electron chi connectivity index (χ1n) is 16.4. The summed E-state index contributed by atoms with van der Waals surface area (Å²) in [5, 5.41) is 18.9. The van der Waals surface area contributed by atoms with Crippen molar-refractivity contribution < 1.29 is 24.2 Å². The second-order valence-corrected chi connectivity index (χ2v) is 17.5. The lowest BCUT2D eigenvalue weighted by Crippen LogP contribution is -2.45. The van der Waals surface area contributed by atoms with E-state index in [2.05, 4.69) is 10.3 Å². The molecule has 2 N–H and O–H groups in total. The lowest BCUT2D eigenvalue weighted by Gasteiger charge is -2.32. The van der Waals surface area contributed by atoms with Gasteiger partial charge in [0.2, 0.25) is 5.91 Å². The van der Waals surface area contributed by atoms with Crippen molar-refractivity contribution in [3.63, 3.8) is 0 Å². The fourth-order valence-electron chi connectivity index (χ4n) is 8.08. The van der Waals surface area contributed by atoms with Gasteiger partial charge in [0.15, 0.2) is 13.9 Å². The average Bonchev–Trinajstić information content (AvgIpc) is 3.83. The Hall–Kier alpha value is -4.16. The third kappa shape index (κ3) is 5.31. The molecule has 2 fully saturated rings. The van der Waals surface area contributed by atoms with E-state index in [0.717, 1.165) is 34.6 Å². The first-order chi connectivity index (χ1) is 22.6. The molecule has 1 unspecified atom stereocenters. The summed E-state index contributed by atoms with van der Waals surface area (Å²) in [6.07, 6.45) is 3.23. The summed E-state index contributed by atoms with van der Waals surface area (Å²) in [6, 6.07) is 25.1. The molecule has 2 saturated heterocycles. The molecule has 3 aromatic carbocycles. The molecule has 47 heavy (non-hydrogen) atoms. The van der Waals surface area contributed by atoms with E-state index in [1.165, 1.54) is 0 Å². The summed E-state index contributed by atoms with van der Waals surface area (Å²) in [6.45, 7) is 6.86. The van der Waals surface area contributed by atoms with Gasteiger partial charge in [0, 0.05) is 54.1 Å². The minimum atomic E-state index is -2.89. The van der Waals surface area contributed by atoms with Crippen molar-refractivity contribution in [3.8, 4) is 0 Å². The largest absolute Gasteiger partial charge is 0.432 e. The Morgan fingerprint density at radius 1 is 1.02 bits per heavy atom. The van der Waals surface area contributed by atoms with Gasteiger partial charge in [0.05, 0.1) is 30.0 Å². The van der Waals surface area contributed by atoms with Crippen LogP contribution in [0.3, 0.4) is 0 Å². The van der Waals surface area contributed by atoms with Crippen molar-refractivity contribution in [1.29, 1.82) is 0 Å². The van der Waals surface area contributed by atoms with Crippen molar-refractivity contribution >= 4 is 37.2 Å². The van der Waals surface area contributed by atoms with E-state index in [9.17, 15) is 19.5 Å². The number of carbonyl (C=O) groups excluding carboxylic acids is 2. The first-order valence-corrected chi connectivity index (χ1v) is 19.5. The number of carbonyl (C=O) groups is 2. The summed E-state index contributed by atoms with van der Waals surface area (Å²) >= 11 is 0. The summed E-state index contributed by atoms with van der Waals surface area (Å²) in [4.78, 5) is 42.9. The zero-order chi connectivity index (χ0) is 32.9. The Morgan fingerprint density at radius 3 is 2.40 bits per heavy atom. The topological polar surface area (TPSA) is 121 Å². The SMILES string of the molecule is C[C@H]1[C@H]([Si](C)(C)O)[C@@H](CCn2cc(C(CO)c3ccccc3)nn2)O[C@]12C(=O)N(c1ccccc1)c1ccc(N3CCCC3=O)cc12. The summed E-state index contributed by atoms with van der Waals surface area (Å²) < 4.78 is 8.79. The highest BCUT2D eigenvalue weighted by atomic mass is 28.4. The van der Waals surface area contributed by atoms with E-state index < -0.39 is 20.0 Å². The third-order valence-corrected chi connectivity index (χ3v) is 12.7. The number of rotatable bonds is 9. The van der Waals surface area contributed by atoms with Crippen LogP contribution in [0.25, 0.3) is 0 Å². The molecule has 0 aliphatic carbocycles. The van der Waals surface area contributed by atoms with E-state index in [4.69, 9.17) is 4.74 Å². The Labute approximate surface area is 275 Å². The number of aromatic nitrogens is 3. The maximum absolute atomic E-state index is 14.8. The fraction of sp³-hybridized carbons (Fsp3) is 0.389. The molecule has 4 aromatic rings. The van der Waals surface area contributed by atoms with Crippen molar-refractivity contribution in [1.82, 2.24) is 15.0 Å². The van der Waals surface area contributed by atoms with Crippen LogP contribution < -0.4 is 9.80 Å². The summed E-state index contributed by atoms with van der Waals surface area (Å²) in [5.41, 5.74) is 3.00. The highest BCUT2D eigenvalue weighted by molar-refractivity contribution is 6.71. The zero-order valence-electron chi connectivity index (χ0n) is 27.0. The van der Waals surface area contributed by atoms with Crippen molar-refractivity contribution in [2.45, 2.75) is 69.0 Å². The van der Waals surface area contributed by atoms with Gasteiger partial charge in [-0.25, -0.2) is 0 Å². The van der Waals surface area contributed by atoms with Crippen LogP contribution in [-0.4, -0.2) is 64.3 Å². The van der Waals surface area contributed by atoms with E-state index in [-0.39, 0.29) is 35.8 Å². The normalized spacial score (nSPS) is 24.8. The first kappa shape index (κ1) is 31.4. The molecule has 4 heterocycles. The molecular formula is C36H41N5O5Si. The number of hydrogen-bond donors (Lipinski definition) is 2. The third-order valence-electron chi connectivity index (χ3n) is 10.2. The number of aliphatic hydroxyl groups excluding tert-OH is 1. The summed E-state index contributed by atoms with van der Waals surface area (Å²) in [7, 11) is -2.89. The Kier molecular flexibility index (Phi) is 8.11. The number of hydrogen-bond acceptors (Lipinski definition) is 7. The van der Waals surface area contributed by atoms with Crippen LogP contribution in [0.2, 0.25) is 18.6 Å². The second kappa shape index (κ2) is 12.1. The Morgan fingerprint density at radius 2 is 1.74 bits per heavy atom. The number of benzene rings is 3. The van der Waals surface area contributed by atoms with Gasteiger partial charge in [-0.3, -0.25) is 19.2 Å². The minimum absolute atomic E-state index is 0.0752. The standard InChI is InChI=1S/C36H41N5O5Si/c1-24-34(47(2,3)45)32(18-20-39-22-30(37-38-39)28(23-42)25-11-6-4-7-12-25)46-36(24)29-21-27(40-19-10-15-33(40)43)16-17-31(29)41(35(36)44)26-13-8-5-9-14-26/h4-9,11-14,16-17,21-22,24,28,32,34,42,45H,10,15,18-20,23H2,1-3H3/t24-,28?,32+,34-,36+/m0/s1. The molecule has 10 nitrogen and oxygen atoms in total. The molecule has 5 atom stereocenters. The maximum Gasteiger partial charge on any atom is 0.268 e. The van der Waals surface area contributed by atoms with Crippen molar-refractivity contribution in [2.24, 2.45) is 5.92 Å². The van der Waals surface area contributed by atoms with Crippen LogP contribution in [-0.2, 0) is 26.5 Å². The molecule has 0 radical (unpaired) electrons. The highest BCUT2D eigenvalue weighted by Crippen LogP contribution is 2.61. The van der Waals surface area contributed by atoms with Gasteiger partial charge in [-0.15, -0.1) is 5.10 Å². The van der Waals surface area contributed by atoms with Crippen LogP contribution in [0.4, 0.5) is 17.1 Å². The van der Waals surface area contributed by atoms with Crippen molar-refractivity contribution in [2.75, 3.05) is 23.0 Å². The molecule has 244 valence electrons. The van der Waals surface area contributed by atoms with Gasteiger partial charge in [0.1, 0.15) is 0 Å². The molecular weight excluding hydrogens is 611 g/mol. The van der Waals surface area contributed by atoms with Crippen LogP contribution in [0.15, 0.2) is 85.1 Å². The van der Waals surface area contributed by atoms with Gasteiger partial charge in [0.25, 0.3) is 5.91 Å². The molecule has 11 heteroatoms. The number of para-hydroxylation sites is 1. The maximum atomic E-state index is 14.8. The quantitative estimate of drug-likeness (QED) is 0.242. The average molecular weight is 652 g/mol. The minimum Gasteiger partial charge on any atom is -0.432 e. The van der Waals surface area contributed by atoms with Gasteiger partial charge >= 0.3 is 0 Å². The summed E-state index contributed by atoms with van der Waals surface area (Å²) in [5.74, 6) is -0.739. The smallest absolute Gasteiger partial charge is 0.268 e. The zero-order valence-corrected chi connectivity index (χ0v) is 28.0. The number of aryl methyl sites for hydroxylation is 1. The number of ether oxygens (including phenoxy) is 1. The highest BCUT2D eigenvalue weighted by Gasteiger charge is 2.66. The molecule has 3 aliphatic rings. The fourth-order valence-corrected chi connectivity index (χ4v) is 10.7. The van der Waals surface area contributed by atoms with Crippen LogP contribution in [0.1, 0.15) is 48.9 Å². The van der Waals surface area contributed by atoms with Crippen LogP contribution >= 0.6 is 0 Å². The number of aliphatic hydroxyl groups is 1. The van der Waals surface area contributed by atoms with Crippen LogP contribution in [0.5, 0.6) is 0 Å². The second-order valence-electron chi connectivity index (χ2n) is 13.5. The van der Waals surface area contributed by atoms with Crippen LogP contribution in [0, 0.1) is 5.92 Å². The van der Waals surface area contributed by atoms with Gasteiger partial charge in [-0.2, -0.15) is 0 Å². The van der Waals surface area contributed by atoms with E-state index in [0.29, 0.717) is 31.6 Å². The number of amides is 2. The molecule has 3 aliphatic heterocycles. The molecule has 2 amide bonds. The van der Waals surface area contributed by atoms with Gasteiger partial charge < -0.3 is 19.5 Å². The monoisotopic (exact) mass is 651 g/mol. The number of anilines is 3. The predicted octanol–water partition coefficient (Wildman–Crippen LogP) is 5.10.